The van der Waals surface area contributed by atoms with Crippen molar-refractivity contribution in [2.75, 3.05) is 5.32 Å². The molecule has 3 rings (SSSR count). The predicted molar refractivity (Wildman–Crippen MR) is 83.5 cm³/mol. The quantitative estimate of drug-likeness (QED) is 0.715. The number of nitrogens with one attached hydrogen (secondary N) is 1. The zero-order valence-electron chi connectivity index (χ0n) is 12.1. The molecule has 0 saturated carbocycles. The smallest absolute Gasteiger partial charge is 0.416 e. The van der Waals surface area contributed by atoms with Gasteiger partial charge in [0.2, 0.25) is 11.8 Å². The van der Waals surface area contributed by atoms with Gasteiger partial charge in [0.25, 0.3) is 0 Å². The Balaban J connectivity index is 1.71. The van der Waals surface area contributed by atoms with Gasteiger partial charge >= 0.3 is 6.18 Å². The van der Waals surface area contributed by atoms with Crippen molar-refractivity contribution in [3.8, 4) is 11.5 Å². The van der Waals surface area contributed by atoms with Crippen LogP contribution in [0.25, 0.3) is 11.5 Å². The third kappa shape index (κ3) is 3.68. The van der Waals surface area contributed by atoms with Crippen molar-refractivity contribution in [3.05, 3.63) is 65.0 Å². The van der Waals surface area contributed by atoms with Crippen LogP contribution in [-0.4, -0.2) is 10.2 Å². The van der Waals surface area contributed by atoms with Crippen LogP contribution in [0, 0.1) is 0 Å². The van der Waals surface area contributed by atoms with Crippen molar-refractivity contribution in [1.29, 1.82) is 0 Å². The molecule has 0 spiro atoms. The van der Waals surface area contributed by atoms with Gasteiger partial charge in [-0.2, -0.15) is 13.2 Å². The summed E-state index contributed by atoms with van der Waals surface area (Å²) in [5.41, 5.74) is 0.175. The molecule has 0 aliphatic heterocycles. The van der Waals surface area contributed by atoms with Gasteiger partial charge in [-0.1, -0.05) is 29.8 Å². The maximum absolute atomic E-state index is 12.7. The molecule has 3 aromatic rings. The third-order valence-corrected chi connectivity index (χ3v) is 3.53. The second kappa shape index (κ2) is 6.52. The van der Waals surface area contributed by atoms with Crippen molar-refractivity contribution >= 4 is 17.3 Å². The number of nitrogens with zero attached hydrogens (tertiary/aromatic N) is 2. The van der Waals surface area contributed by atoms with Crippen molar-refractivity contribution in [2.45, 2.75) is 12.7 Å². The van der Waals surface area contributed by atoms with Gasteiger partial charge in [-0.25, -0.2) is 0 Å². The van der Waals surface area contributed by atoms with E-state index in [2.05, 4.69) is 15.5 Å². The molecule has 0 atom stereocenters. The van der Waals surface area contributed by atoms with Gasteiger partial charge in [0.15, 0.2) is 0 Å². The Morgan fingerprint density at radius 3 is 2.58 bits per heavy atom. The molecule has 0 amide bonds. The molecule has 24 heavy (non-hydrogen) atoms. The first kappa shape index (κ1) is 16.3. The SMILES string of the molecule is FC(F)(F)c1cccc(NCc2nnc(-c3ccccc3Cl)o2)c1. The maximum Gasteiger partial charge on any atom is 0.416 e. The monoisotopic (exact) mass is 353 g/mol. The van der Waals surface area contributed by atoms with Gasteiger partial charge in [-0.05, 0) is 30.3 Å². The molecule has 0 fully saturated rings. The summed E-state index contributed by atoms with van der Waals surface area (Å²) in [5.74, 6) is 0.490. The van der Waals surface area contributed by atoms with Crippen LogP contribution in [0.4, 0.5) is 18.9 Å². The molecule has 1 heterocycles. The number of rotatable bonds is 4. The Labute approximate surface area is 140 Å². The normalized spacial score (nSPS) is 11.5. The Morgan fingerprint density at radius 2 is 1.83 bits per heavy atom. The zero-order chi connectivity index (χ0) is 17.2. The summed E-state index contributed by atoms with van der Waals surface area (Å²) in [7, 11) is 0. The first-order valence-electron chi connectivity index (χ1n) is 6.92. The van der Waals surface area contributed by atoms with Crippen LogP contribution in [0.15, 0.2) is 52.9 Å². The molecular weight excluding hydrogens is 343 g/mol. The highest BCUT2D eigenvalue weighted by atomic mass is 35.5. The molecular formula is C16H11ClF3N3O. The Morgan fingerprint density at radius 1 is 1.04 bits per heavy atom. The van der Waals surface area contributed by atoms with E-state index in [9.17, 15) is 13.2 Å². The topological polar surface area (TPSA) is 51.0 Å². The van der Waals surface area contributed by atoms with Gasteiger partial charge in [-0.3, -0.25) is 0 Å². The van der Waals surface area contributed by atoms with Crippen LogP contribution in [0.5, 0.6) is 0 Å². The molecule has 0 radical (unpaired) electrons. The highest BCUT2D eigenvalue weighted by molar-refractivity contribution is 6.33. The van der Waals surface area contributed by atoms with Crippen LogP contribution < -0.4 is 5.32 Å². The fourth-order valence-corrected chi connectivity index (χ4v) is 2.27. The number of hydrogen-bond acceptors (Lipinski definition) is 4. The van der Waals surface area contributed by atoms with Crippen LogP contribution >= 0.6 is 11.6 Å². The van der Waals surface area contributed by atoms with E-state index < -0.39 is 11.7 Å². The summed E-state index contributed by atoms with van der Waals surface area (Å²) < 4.78 is 43.5. The molecule has 4 nitrogen and oxygen atoms in total. The van der Waals surface area contributed by atoms with Crippen LogP contribution in [0.1, 0.15) is 11.5 Å². The molecule has 8 heteroatoms. The molecule has 1 aromatic heterocycles. The Hall–Kier alpha value is -2.54. The highest BCUT2D eigenvalue weighted by Gasteiger charge is 2.30. The number of halogens is 4. The van der Waals surface area contributed by atoms with E-state index in [-0.39, 0.29) is 18.3 Å². The van der Waals surface area contributed by atoms with E-state index in [1.807, 2.05) is 0 Å². The summed E-state index contributed by atoms with van der Waals surface area (Å²) in [6, 6.07) is 11.9. The first-order chi connectivity index (χ1) is 11.4. The van der Waals surface area contributed by atoms with Gasteiger partial charge in [-0.15, -0.1) is 10.2 Å². The van der Waals surface area contributed by atoms with Gasteiger partial charge in [0, 0.05) is 5.69 Å². The Bertz CT molecular complexity index is 848. The largest absolute Gasteiger partial charge is 0.419 e. The molecule has 0 saturated heterocycles. The summed E-state index contributed by atoms with van der Waals surface area (Å²) in [6.07, 6.45) is -4.39. The second-order valence-electron chi connectivity index (χ2n) is 4.91. The van der Waals surface area contributed by atoms with E-state index in [0.717, 1.165) is 12.1 Å². The van der Waals surface area contributed by atoms with E-state index in [4.69, 9.17) is 16.0 Å². The summed E-state index contributed by atoms with van der Waals surface area (Å²) in [5, 5.41) is 11.0. The molecule has 0 aliphatic carbocycles. The summed E-state index contributed by atoms with van der Waals surface area (Å²) in [4.78, 5) is 0. The van der Waals surface area contributed by atoms with Gasteiger partial charge < -0.3 is 9.73 Å². The molecule has 1 N–H and O–H groups in total. The lowest BCUT2D eigenvalue weighted by Crippen LogP contribution is -2.06. The summed E-state index contributed by atoms with van der Waals surface area (Å²) >= 11 is 6.05. The Kier molecular flexibility index (Phi) is 4.44. The zero-order valence-corrected chi connectivity index (χ0v) is 12.9. The van der Waals surface area contributed by atoms with Crippen LogP contribution in [0.3, 0.4) is 0 Å². The maximum atomic E-state index is 12.7. The summed E-state index contributed by atoms with van der Waals surface area (Å²) in [6.45, 7) is 0.0960. The number of anilines is 1. The lowest BCUT2D eigenvalue weighted by Gasteiger charge is -2.09. The van der Waals surface area contributed by atoms with Gasteiger partial charge in [0.05, 0.1) is 22.7 Å². The van der Waals surface area contributed by atoms with Crippen LogP contribution in [-0.2, 0) is 12.7 Å². The number of hydrogen-bond donors (Lipinski definition) is 1. The number of alkyl halides is 3. The van der Waals surface area contributed by atoms with Gasteiger partial charge in [0.1, 0.15) is 0 Å². The van der Waals surface area contributed by atoms with Crippen molar-refractivity contribution in [2.24, 2.45) is 0 Å². The lowest BCUT2D eigenvalue weighted by molar-refractivity contribution is -0.137. The molecule has 124 valence electrons. The minimum atomic E-state index is -4.39. The minimum absolute atomic E-state index is 0.0960. The van der Waals surface area contributed by atoms with Crippen molar-refractivity contribution in [3.63, 3.8) is 0 Å². The average molecular weight is 354 g/mol. The molecule has 0 bridgehead atoms. The van der Waals surface area contributed by atoms with Crippen molar-refractivity contribution < 1.29 is 17.6 Å². The second-order valence-corrected chi connectivity index (χ2v) is 5.32. The number of benzene rings is 2. The lowest BCUT2D eigenvalue weighted by atomic mass is 10.2. The molecule has 0 unspecified atom stereocenters. The number of aromatic nitrogens is 2. The third-order valence-electron chi connectivity index (χ3n) is 3.20. The van der Waals surface area contributed by atoms with E-state index in [1.54, 1.807) is 24.3 Å². The highest BCUT2D eigenvalue weighted by Crippen LogP contribution is 2.31. The first-order valence-corrected chi connectivity index (χ1v) is 7.30. The minimum Gasteiger partial charge on any atom is -0.419 e. The van der Waals surface area contributed by atoms with E-state index in [0.29, 0.717) is 16.3 Å². The van der Waals surface area contributed by atoms with E-state index in [1.165, 1.54) is 12.1 Å². The molecule has 0 aliphatic rings. The standard InChI is InChI=1S/C16H11ClF3N3O/c17-13-7-2-1-6-12(13)15-23-22-14(24-15)9-21-11-5-3-4-10(8-11)16(18,19)20/h1-8,21H,9H2. The molecule has 2 aromatic carbocycles. The fraction of sp³-hybridized carbons (Fsp3) is 0.125. The van der Waals surface area contributed by atoms with Crippen molar-refractivity contribution in [1.82, 2.24) is 10.2 Å². The van der Waals surface area contributed by atoms with E-state index >= 15 is 0 Å². The predicted octanol–water partition coefficient (Wildman–Crippen LogP) is 5.02. The average Bonchev–Trinajstić information content (AvgIpc) is 3.02. The van der Waals surface area contributed by atoms with Crippen LogP contribution in [0.2, 0.25) is 5.02 Å². The fourth-order valence-electron chi connectivity index (χ4n) is 2.05.